The topological polar surface area (TPSA) is 40.1 Å². The van der Waals surface area contributed by atoms with Crippen molar-refractivity contribution in [2.24, 2.45) is 0 Å². The van der Waals surface area contributed by atoms with Crippen LogP contribution in [-0.2, 0) is 4.79 Å². The first-order chi connectivity index (χ1) is 4.64. The number of carboxylic acids is 1. The van der Waals surface area contributed by atoms with Crippen molar-refractivity contribution in [3.8, 4) is 0 Å². The molecule has 0 radical (unpaired) electrons. The van der Waals surface area contributed by atoms with E-state index in [2.05, 4.69) is 26.2 Å². The summed E-state index contributed by atoms with van der Waals surface area (Å²) in [5.74, 6) is -1.19. The summed E-state index contributed by atoms with van der Waals surface area (Å²) in [5.41, 5.74) is 0.0648. The SMILES string of the molecule is C=C(C)C(=O)[O-].C[Si](C)(C)[ClH+].[K+]. The van der Waals surface area contributed by atoms with Crippen LogP contribution in [0.3, 0.4) is 0 Å². The molecule has 0 saturated carbocycles. The molecular weight excluding hydrogens is 219 g/mol. The number of carbonyl (C=O) groups is 1. The van der Waals surface area contributed by atoms with Gasteiger partial charge in [-0.05, 0) is 32.1 Å². The number of carbonyl (C=O) groups excluding carboxylic acids is 1. The Morgan fingerprint density at radius 1 is 1.42 bits per heavy atom. The third-order valence-electron chi connectivity index (χ3n) is 0.348. The Morgan fingerprint density at radius 3 is 1.50 bits per heavy atom. The van der Waals surface area contributed by atoms with Crippen molar-refractivity contribution in [1.82, 2.24) is 0 Å². The van der Waals surface area contributed by atoms with Crippen LogP contribution in [-0.4, -0.2) is 13.4 Å². The summed E-state index contributed by atoms with van der Waals surface area (Å²) in [4.78, 5) is 9.49. The van der Waals surface area contributed by atoms with Crippen molar-refractivity contribution < 1.29 is 72.4 Å². The summed E-state index contributed by atoms with van der Waals surface area (Å²) in [5, 5.41) is 9.49. The Labute approximate surface area is 123 Å². The Bertz CT molecular complexity index is 136. The van der Waals surface area contributed by atoms with E-state index in [1.807, 2.05) is 0 Å². The third-order valence-corrected chi connectivity index (χ3v) is 0.348. The monoisotopic (exact) mass is 233 g/mol. The molecule has 0 N–H and O–H groups in total. The van der Waals surface area contributed by atoms with Gasteiger partial charge in [-0.2, -0.15) is 0 Å². The minimum atomic E-state index is -1.19. The smallest absolute Gasteiger partial charge is 0.545 e. The molecule has 0 atom stereocenters. The number of rotatable bonds is 1. The van der Waals surface area contributed by atoms with Crippen LogP contribution in [0.15, 0.2) is 12.2 Å². The van der Waals surface area contributed by atoms with Gasteiger partial charge in [-0.15, -0.1) is 0 Å². The van der Waals surface area contributed by atoms with Crippen LogP contribution in [0.25, 0.3) is 0 Å². The molecule has 0 rings (SSSR count). The van der Waals surface area contributed by atoms with Gasteiger partial charge in [0.15, 0.2) is 0 Å². The van der Waals surface area contributed by atoms with E-state index < -0.39 is 13.4 Å². The molecule has 0 aromatic carbocycles. The molecule has 0 aromatic heterocycles. The number of carboxylic acid groups (broad SMARTS) is 1. The van der Waals surface area contributed by atoms with Crippen molar-refractivity contribution in [2.45, 2.75) is 26.6 Å². The van der Waals surface area contributed by atoms with Crippen LogP contribution in [0.2, 0.25) is 19.6 Å². The van der Waals surface area contributed by atoms with Crippen LogP contribution in [0, 0.1) is 11.1 Å². The van der Waals surface area contributed by atoms with Gasteiger partial charge in [0.2, 0.25) is 0 Å². The molecule has 0 fully saturated rings. The van der Waals surface area contributed by atoms with Crippen molar-refractivity contribution in [2.75, 3.05) is 0 Å². The summed E-state index contributed by atoms with van der Waals surface area (Å²) < 4.78 is 0. The van der Waals surface area contributed by atoms with Crippen LogP contribution in [0.4, 0.5) is 0 Å². The Hall–Kier alpha value is 1.35. The molecule has 5 heteroatoms. The van der Waals surface area contributed by atoms with Crippen LogP contribution in [0.5, 0.6) is 0 Å². The van der Waals surface area contributed by atoms with Crippen LogP contribution >= 0.6 is 0 Å². The van der Waals surface area contributed by atoms with E-state index in [-0.39, 0.29) is 57.0 Å². The molecule has 0 aliphatic heterocycles. The van der Waals surface area contributed by atoms with Crippen molar-refractivity contribution in [3.63, 3.8) is 0 Å². The number of hydrogen-bond donors (Lipinski definition) is 0. The predicted octanol–water partition coefficient (Wildman–Crippen LogP) is -2.58. The van der Waals surface area contributed by atoms with Gasteiger partial charge in [-0.1, -0.05) is 6.58 Å². The van der Waals surface area contributed by atoms with E-state index in [0.717, 1.165) is 0 Å². The normalized spacial score (nSPS) is 8.75. The fourth-order valence-electron chi connectivity index (χ4n) is 0. The van der Waals surface area contributed by atoms with E-state index >= 15 is 0 Å². The molecule has 0 saturated heterocycles. The maximum atomic E-state index is 9.49. The molecule has 0 unspecified atom stereocenters. The summed E-state index contributed by atoms with van der Waals surface area (Å²) in [6, 6.07) is 0. The zero-order chi connectivity index (χ0) is 9.65. The van der Waals surface area contributed by atoms with Gasteiger partial charge in [0.05, 0.1) is 5.97 Å². The molecule has 12 heavy (non-hydrogen) atoms. The van der Waals surface area contributed by atoms with E-state index in [4.69, 9.17) is 11.1 Å². The summed E-state index contributed by atoms with van der Waals surface area (Å²) in [6.45, 7) is 10.9. The molecule has 0 aromatic rings. The first kappa shape index (κ1) is 19.0. The minimum Gasteiger partial charge on any atom is -0.545 e. The van der Waals surface area contributed by atoms with Gasteiger partial charge >= 0.3 is 58.8 Å². The maximum Gasteiger partial charge on any atom is 1.00 e. The number of hydrogen-bond acceptors (Lipinski definition) is 2. The van der Waals surface area contributed by atoms with Gasteiger partial charge in [-0.25, -0.2) is 0 Å². The fraction of sp³-hybridized carbons (Fsp3) is 0.571. The van der Waals surface area contributed by atoms with Crippen molar-refractivity contribution >= 4 is 13.4 Å². The van der Waals surface area contributed by atoms with E-state index in [1.165, 1.54) is 6.92 Å². The molecule has 0 aliphatic carbocycles. The largest absolute Gasteiger partial charge is 1.00 e. The predicted molar refractivity (Wildman–Crippen MR) is 44.6 cm³/mol. The molecule has 0 heterocycles. The Balaban J connectivity index is -0.000000126. The zero-order valence-electron chi connectivity index (χ0n) is 8.43. The standard InChI is InChI=1S/C4H6O2.C3H10ClSi.K/c1-3(2)4(5)6;1-5(2,3)4;/h1H2,2H3,(H,5,6);4H,1-3H3;/q;2*+1/p-1. The molecule has 0 bridgehead atoms. The zero-order valence-corrected chi connectivity index (χ0v) is 13.4. The van der Waals surface area contributed by atoms with Gasteiger partial charge in [0.1, 0.15) is 0 Å². The molecule has 2 nitrogen and oxygen atoms in total. The van der Waals surface area contributed by atoms with Gasteiger partial charge in [0, 0.05) is 11.1 Å². The van der Waals surface area contributed by atoms with E-state index in [1.54, 1.807) is 0 Å². The van der Waals surface area contributed by atoms with Crippen LogP contribution < -0.4 is 56.5 Å². The first-order valence-electron chi connectivity index (χ1n) is 3.22. The molecule has 66 valence electrons. The number of halogens is 1. The fourth-order valence-corrected chi connectivity index (χ4v) is 0. The maximum absolute atomic E-state index is 9.49. The van der Waals surface area contributed by atoms with Crippen LogP contribution in [0.1, 0.15) is 6.92 Å². The second-order valence-electron chi connectivity index (χ2n) is 3.18. The minimum absolute atomic E-state index is 0. The second kappa shape index (κ2) is 8.93. The molecule has 0 amide bonds. The second-order valence-corrected chi connectivity index (χ2v) is 11.1. The van der Waals surface area contributed by atoms with Gasteiger partial charge < -0.3 is 9.90 Å². The number of aliphatic carboxylic acids is 1. The van der Waals surface area contributed by atoms with Gasteiger partial charge in [-0.3, -0.25) is 0 Å². The van der Waals surface area contributed by atoms with E-state index in [0.29, 0.717) is 0 Å². The average Bonchev–Trinajstić information content (AvgIpc) is 1.59. The quantitative estimate of drug-likeness (QED) is 0.284. The Morgan fingerprint density at radius 2 is 1.50 bits per heavy atom. The summed E-state index contributed by atoms with van der Waals surface area (Å²) >= 11 is 4.97. The van der Waals surface area contributed by atoms with E-state index in [9.17, 15) is 9.90 Å². The molecule has 0 spiro atoms. The molecule has 0 aliphatic rings. The summed E-state index contributed by atoms with van der Waals surface area (Å²) in [7, 11) is -1.03. The summed E-state index contributed by atoms with van der Waals surface area (Å²) in [6.07, 6.45) is 0. The van der Waals surface area contributed by atoms with Crippen molar-refractivity contribution in [3.05, 3.63) is 12.2 Å². The van der Waals surface area contributed by atoms with Gasteiger partial charge in [0.25, 0.3) is 0 Å². The first-order valence-corrected chi connectivity index (χ1v) is 7.85. The average molecular weight is 234 g/mol. The third kappa shape index (κ3) is 42.5. The van der Waals surface area contributed by atoms with Crippen molar-refractivity contribution in [1.29, 1.82) is 0 Å². The Kier molecular flexibility index (Phi) is 14.1. The molecular formula is C7H15ClKO2Si+.